The topological polar surface area (TPSA) is 62.1 Å². The molecule has 0 aliphatic carbocycles. The summed E-state index contributed by atoms with van der Waals surface area (Å²) in [7, 11) is 0. The molecule has 8 heteroatoms. The lowest BCUT2D eigenvalue weighted by Crippen LogP contribution is -2.57. The number of amides is 1. The van der Waals surface area contributed by atoms with Crippen molar-refractivity contribution in [2.45, 2.75) is 77.3 Å². The first-order valence-electron chi connectivity index (χ1n) is 7.29. The van der Waals surface area contributed by atoms with Crippen molar-refractivity contribution in [2.75, 3.05) is 0 Å². The van der Waals surface area contributed by atoms with Gasteiger partial charge in [-0.05, 0) is 33.6 Å². The largest absolute Gasteiger partial charge is 0.442 e. The molecule has 0 aromatic carbocycles. The predicted molar refractivity (Wildman–Crippen MR) is 75.3 cm³/mol. The van der Waals surface area contributed by atoms with Crippen molar-refractivity contribution in [1.82, 2.24) is 5.01 Å². The minimum atomic E-state index is -5.01. The second-order valence-corrected chi connectivity index (χ2v) is 6.41. The predicted octanol–water partition coefficient (Wildman–Crippen LogP) is 3.81. The molecule has 0 saturated carbocycles. The molecule has 1 aliphatic rings. The first kappa shape index (κ1) is 18.7. The maximum Gasteiger partial charge on any atom is 0.439 e. The number of hydrazone groups is 1. The Morgan fingerprint density at radius 1 is 1.36 bits per heavy atom. The van der Waals surface area contributed by atoms with Gasteiger partial charge in [0.05, 0.1) is 0 Å². The molecule has 0 spiro atoms. The Bertz CT molecular complexity index is 444. The summed E-state index contributed by atoms with van der Waals surface area (Å²) in [5.41, 5.74) is -4.17. The number of hydrogen-bond donors (Lipinski definition) is 1. The number of aliphatic hydroxyl groups is 1. The Balaban J connectivity index is 2.97. The van der Waals surface area contributed by atoms with Gasteiger partial charge in [0.25, 0.3) is 5.72 Å². The molecule has 1 aliphatic heterocycles. The number of alkyl halides is 3. The summed E-state index contributed by atoms with van der Waals surface area (Å²) >= 11 is 0. The fourth-order valence-electron chi connectivity index (χ4n) is 2.05. The summed E-state index contributed by atoms with van der Waals surface area (Å²) in [5.74, 6) is 0. The lowest BCUT2D eigenvalue weighted by atomic mass is 10.0. The van der Waals surface area contributed by atoms with Crippen molar-refractivity contribution in [1.29, 1.82) is 0 Å². The van der Waals surface area contributed by atoms with Gasteiger partial charge >= 0.3 is 12.3 Å². The molecule has 1 atom stereocenters. The van der Waals surface area contributed by atoms with E-state index in [0.29, 0.717) is 12.8 Å². The number of unbranched alkanes of at least 4 members (excludes halogenated alkanes) is 2. The maximum atomic E-state index is 13.2. The molecule has 1 heterocycles. The van der Waals surface area contributed by atoms with Gasteiger partial charge in [-0.1, -0.05) is 19.8 Å². The Kier molecular flexibility index (Phi) is 5.48. The highest BCUT2D eigenvalue weighted by Gasteiger charge is 2.63. The van der Waals surface area contributed by atoms with Gasteiger partial charge in [0, 0.05) is 12.1 Å². The number of ether oxygens (including phenoxy) is 1. The fraction of sp³-hybridized carbons (Fsp3) is 0.857. The van der Waals surface area contributed by atoms with Crippen molar-refractivity contribution in [3.63, 3.8) is 0 Å². The number of nitrogens with zero attached hydrogens (tertiary/aromatic N) is 2. The van der Waals surface area contributed by atoms with E-state index >= 15 is 0 Å². The van der Waals surface area contributed by atoms with Crippen LogP contribution in [0.2, 0.25) is 0 Å². The van der Waals surface area contributed by atoms with Crippen molar-refractivity contribution < 1.29 is 27.8 Å². The van der Waals surface area contributed by atoms with E-state index in [1.54, 1.807) is 0 Å². The Morgan fingerprint density at radius 3 is 2.41 bits per heavy atom. The molecule has 22 heavy (non-hydrogen) atoms. The lowest BCUT2D eigenvalue weighted by molar-refractivity contribution is -0.300. The molecule has 128 valence electrons. The molecular formula is C14H23F3N2O3. The van der Waals surface area contributed by atoms with Crippen LogP contribution in [0.3, 0.4) is 0 Å². The van der Waals surface area contributed by atoms with Crippen molar-refractivity contribution in [3.8, 4) is 0 Å². The van der Waals surface area contributed by atoms with E-state index in [1.165, 1.54) is 20.8 Å². The minimum Gasteiger partial charge on any atom is -0.442 e. The van der Waals surface area contributed by atoms with Gasteiger partial charge in [-0.3, -0.25) is 0 Å². The quantitative estimate of drug-likeness (QED) is 0.800. The molecule has 1 N–H and O–H groups in total. The normalized spacial score (nSPS) is 22.7. The second-order valence-electron chi connectivity index (χ2n) is 6.41. The minimum absolute atomic E-state index is 0.0273. The molecule has 0 radical (unpaired) electrons. The number of hydrogen-bond acceptors (Lipinski definition) is 4. The van der Waals surface area contributed by atoms with E-state index < -0.39 is 30.0 Å². The lowest BCUT2D eigenvalue weighted by Gasteiger charge is -2.33. The zero-order valence-corrected chi connectivity index (χ0v) is 13.3. The van der Waals surface area contributed by atoms with Crippen LogP contribution in [0, 0.1) is 0 Å². The zero-order valence-electron chi connectivity index (χ0n) is 13.3. The third-order valence-electron chi connectivity index (χ3n) is 3.13. The highest BCUT2D eigenvalue weighted by atomic mass is 19.4. The van der Waals surface area contributed by atoms with Gasteiger partial charge in [-0.15, -0.1) is 0 Å². The van der Waals surface area contributed by atoms with Crippen LogP contribution >= 0.6 is 0 Å². The van der Waals surface area contributed by atoms with Gasteiger partial charge < -0.3 is 9.84 Å². The Hall–Kier alpha value is -1.31. The van der Waals surface area contributed by atoms with E-state index in [0.717, 1.165) is 12.8 Å². The van der Waals surface area contributed by atoms with Crippen LogP contribution in [0.15, 0.2) is 5.10 Å². The third kappa shape index (κ3) is 4.34. The van der Waals surface area contributed by atoms with E-state index in [9.17, 15) is 23.1 Å². The monoisotopic (exact) mass is 324 g/mol. The standard InChI is InChI=1S/C14H23F3N2O3/c1-5-6-7-8-10-9-13(21,14(15,16)17)19(18-10)11(20)22-12(2,3)4/h21H,5-9H2,1-4H3/t13-/m0/s1. The van der Waals surface area contributed by atoms with Gasteiger partial charge in [0.1, 0.15) is 5.60 Å². The van der Waals surface area contributed by atoms with E-state index in [4.69, 9.17) is 4.74 Å². The van der Waals surface area contributed by atoms with Crippen molar-refractivity contribution >= 4 is 11.8 Å². The molecule has 0 unspecified atom stereocenters. The van der Waals surface area contributed by atoms with Gasteiger partial charge in [0.15, 0.2) is 0 Å². The summed E-state index contributed by atoms with van der Waals surface area (Å²) in [6, 6.07) is 0. The Morgan fingerprint density at radius 2 is 1.95 bits per heavy atom. The van der Waals surface area contributed by atoms with Crippen LogP contribution in [0.1, 0.15) is 59.8 Å². The molecule has 0 fully saturated rings. The molecule has 0 aromatic rings. The third-order valence-corrected chi connectivity index (χ3v) is 3.13. The number of rotatable bonds is 4. The van der Waals surface area contributed by atoms with Gasteiger partial charge in [-0.25, -0.2) is 4.79 Å². The first-order chi connectivity index (χ1) is 9.90. The summed E-state index contributed by atoms with van der Waals surface area (Å²) in [6.07, 6.45) is -4.34. The molecule has 5 nitrogen and oxygen atoms in total. The number of carbonyl (C=O) groups is 1. The summed E-state index contributed by atoms with van der Waals surface area (Å²) in [4.78, 5) is 11.9. The van der Waals surface area contributed by atoms with E-state index in [1.807, 2.05) is 6.92 Å². The smallest absolute Gasteiger partial charge is 0.439 e. The van der Waals surface area contributed by atoms with Crippen molar-refractivity contribution in [2.24, 2.45) is 5.10 Å². The highest BCUT2D eigenvalue weighted by Crippen LogP contribution is 2.41. The van der Waals surface area contributed by atoms with Crippen LogP contribution in [0.5, 0.6) is 0 Å². The van der Waals surface area contributed by atoms with Gasteiger partial charge in [-0.2, -0.15) is 23.3 Å². The highest BCUT2D eigenvalue weighted by molar-refractivity contribution is 5.89. The van der Waals surface area contributed by atoms with E-state index in [2.05, 4.69) is 5.10 Å². The average molecular weight is 324 g/mol. The maximum absolute atomic E-state index is 13.2. The van der Waals surface area contributed by atoms with E-state index in [-0.39, 0.29) is 10.7 Å². The summed E-state index contributed by atoms with van der Waals surface area (Å²) in [6.45, 7) is 6.55. The van der Waals surface area contributed by atoms with Crippen molar-refractivity contribution in [3.05, 3.63) is 0 Å². The number of carbonyl (C=O) groups excluding carboxylic acids is 1. The molecule has 0 aromatic heterocycles. The SMILES string of the molecule is CCCCCC1=NN(C(=O)OC(C)(C)C)[C@@](O)(C(F)(F)F)C1. The van der Waals surface area contributed by atoms with Crippen LogP contribution in [-0.2, 0) is 4.74 Å². The molecular weight excluding hydrogens is 301 g/mol. The summed E-state index contributed by atoms with van der Waals surface area (Å²) < 4.78 is 44.4. The first-order valence-corrected chi connectivity index (χ1v) is 7.29. The summed E-state index contributed by atoms with van der Waals surface area (Å²) in [5, 5.41) is 13.7. The average Bonchev–Trinajstić information content (AvgIpc) is 2.65. The van der Waals surface area contributed by atoms with Crippen LogP contribution in [0.4, 0.5) is 18.0 Å². The zero-order chi connectivity index (χ0) is 17.2. The van der Waals surface area contributed by atoms with Crippen LogP contribution in [-0.4, -0.2) is 39.4 Å². The fourth-order valence-corrected chi connectivity index (χ4v) is 2.05. The molecule has 1 amide bonds. The van der Waals surface area contributed by atoms with Crippen LogP contribution in [0.25, 0.3) is 0 Å². The van der Waals surface area contributed by atoms with Crippen LogP contribution < -0.4 is 0 Å². The number of halogens is 3. The molecule has 1 rings (SSSR count). The molecule has 0 saturated heterocycles. The van der Waals surface area contributed by atoms with Gasteiger partial charge in [0.2, 0.25) is 0 Å². The molecule has 0 bridgehead atoms. The Labute approximate surface area is 128 Å². The second kappa shape index (κ2) is 6.44.